The fraction of sp³-hybridized carbons (Fsp3) is 0.656. The van der Waals surface area contributed by atoms with E-state index >= 15 is 0 Å². The van der Waals surface area contributed by atoms with Crippen LogP contribution in [0.3, 0.4) is 0 Å². The Morgan fingerprint density at radius 1 is 0.976 bits per heavy atom. The molecular formula is C32H42Cl2N4O4. The van der Waals surface area contributed by atoms with Crippen molar-refractivity contribution in [3.8, 4) is 0 Å². The van der Waals surface area contributed by atoms with Gasteiger partial charge in [-0.25, -0.2) is 0 Å². The Hall–Kier alpha value is -2.13. The lowest BCUT2D eigenvalue weighted by Crippen LogP contribution is -2.58. The summed E-state index contributed by atoms with van der Waals surface area (Å²) >= 11 is 12.3. The van der Waals surface area contributed by atoms with Crippen molar-refractivity contribution in [2.45, 2.75) is 82.6 Å². The lowest BCUT2D eigenvalue weighted by atomic mass is 9.73. The average molecular weight is 618 g/mol. The molecule has 1 spiro atoms. The molecule has 1 aromatic rings. The van der Waals surface area contributed by atoms with Gasteiger partial charge in [-0.2, -0.15) is 0 Å². The third kappa shape index (κ3) is 5.49. The number of hydrogen-bond acceptors (Lipinski definition) is 5. The maximum absolute atomic E-state index is 14.3. The summed E-state index contributed by atoms with van der Waals surface area (Å²) in [6.07, 6.45) is 11.0. The molecule has 42 heavy (non-hydrogen) atoms. The number of amides is 3. The van der Waals surface area contributed by atoms with E-state index in [1.165, 1.54) is 12.8 Å². The number of hydrogen-bond donors (Lipinski definition) is 2. The van der Waals surface area contributed by atoms with E-state index in [4.69, 9.17) is 27.9 Å². The summed E-state index contributed by atoms with van der Waals surface area (Å²) in [4.78, 5) is 46.4. The molecule has 1 aliphatic carbocycles. The smallest absolute Gasteiger partial charge is 0.246 e. The highest BCUT2D eigenvalue weighted by Gasteiger charge is 2.72. The fourth-order valence-corrected chi connectivity index (χ4v) is 8.54. The number of anilines is 1. The second-order valence-electron chi connectivity index (χ2n) is 13.0. The normalized spacial score (nSPS) is 36.1. The van der Waals surface area contributed by atoms with Gasteiger partial charge in [-0.1, -0.05) is 74.9 Å². The number of nitrogens with one attached hydrogen (secondary N) is 2. The van der Waals surface area contributed by atoms with Crippen LogP contribution in [0.5, 0.6) is 0 Å². The predicted octanol–water partition coefficient (Wildman–Crippen LogP) is 4.90. The molecule has 0 radical (unpaired) electrons. The molecule has 2 bridgehead atoms. The molecule has 2 N–H and O–H groups in total. The fourth-order valence-electron chi connectivity index (χ4n) is 8.02. The van der Waals surface area contributed by atoms with Gasteiger partial charge in [-0.05, 0) is 62.4 Å². The molecule has 3 amide bonds. The molecule has 8 nitrogen and oxygen atoms in total. The lowest BCUT2D eigenvalue weighted by molar-refractivity contribution is -0.141. The number of nitrogens with zero attached hydrogens (tertiary/aromatic N) is 2. The van der Waals surface area contributed by atoms with Gasteiger partial charge in [0.15, 0.2) is 0 Å². The monoisotopic (exact) mass is 616 g/mol. The van der Waals surface area contributed by atoms with Crippen LogP contribution in [0.4, 0.5) is 5.69 Å². The summed E-state index contributed by atoms with van der Waals surface area (Å²) in [5, 5.41) is 7.04. The molecule has 228 valence electrons. The molecule has 3 saturated heterocycles. The Balaban J connectivity index is 1.28. The van der Waals surface area contributed by atoms with Crippen molar-refractivity contribution in [2.24, 2.45) is 23.7 Å². The summed E-state index contributed by atoms with van der Waals surface area (Å²) in [5.41, 5.74) is -0.723. The van der Waals surface area contributed by atoms with Gasteiger partial charge in [-0.15, -0.1) is 0 Å². The molecule has 0 unspecified atom stereocenters. The summed E-state index contributed by atoms with van der Waals surface area (Å²) < 4.78 is 6.53. The van der Waals surface area contributed by atoms with Crippen LogP contribution in [0, 0.1) is 23.7 Å². The van der Waals surface area contributed by atoms with E-state index in [0.717, 1.165) is 45.2 Å². The summed E-state index contributed by atoms with van der Waals surface area (Å²) in [6.45, 7) is 7.55. The van der Waals surface area contributed by atoms with E-state index in [9.17, 15) is 14.4 Å². The van der Waals surface area contributed by atoms with Gasteiger partial charge in [0.1, 0.15) is 11.6 Å². The van der Waals surface area contributed by atoms with E-state index in [1.807, 2.05) is 12.2 Å². The van der Waals surface area contributed by atoms with E-state index in [-0.39, 0.29) is 23.8 Å². The third-order valence-electron chi connectivity index (χ3n) is 10.4. The van der Waals surface area contributed by atoms with Crippen LogP contribution in [0.25, 0.3) is 0 Å². The Morgan fingerprint density at radius 2 is 1.69 bits per heavy atom. The number of benzene rings is 1. The lowest BCUT2D eigenvalue weighted by Gasteiger charge is -2.38. The zero-order valence-corrected chi connectivity index (χ0v) is 26.0. The van der Waals surface area contributed by atoms with Crippen molar-refractivity contribution in [3.05, 3.63) is 40.4 Å². The quantitative estimate of drug-likeness (QED) is 0.425. The van der Waals surface area contributed by atoms with Crippen LogP contribution in [-0.4, -0.2) is 77.5 Å². The molecule has 4 aliphatic heterocycles. The topological polar surface area (TPSA) is 91.0 Å². The summed E-state index contributed by atoms with van der Waals surface area (Å²) in [6, 6.07) is 4.06. The van der Waals surface area contributed by atoms with Gasteiger partial charge < -0.3 is 25.2 Å². The standard InChI is InChI=1S/C32H42Cl2N4O4/c1-19-8-7-9-24(20(19)2)36-30(40)28-32-11-10-25(42-32)26(29(39)35-23-17-21(33)16-22(34)18-23)27(32)31(41)38(28)15-14-37-12-5-3-4-6-13-37/h10-11,16-20,24-28H,3-9,12-15H2,1-2H3,(H,35,39)(H,36,40)/t19-,20+,24+,25+,26-,27+,28+,32+/m1/s1. The van der Waals surface area contributed by atoms with Crippen LogP contribution < -0.4 is 10.6 Å². The van der Waals surface area contributed by atoms with Crippen LogP contribution in [0.15, 0.2) is 30.4 Å². The van der Waals surface area contributed by atoms with Crippen molar-refractivity contribution >= 4 is 46.6 Å². The molecule has 6 rings (SSSR count). The number of rotatable bonds is 7. The first kappa shape index (κ1) is 29.9. The van der Waals surface area contributed by atoms with Gasteiger partial charge >= 0.3 is 0 Å². The molecule has 5 aliphatic rings. The number of ether oxygens (including phenoxy) is 1. The summed E-state index contributed by atoms with van der Waals surface area (Å²) in [7, 11) is 0. The minimum Gasteiger partial charge on any atom is -0.359 e. The molecule has 1 saturated carbocycles. The average Bonchev–Trinajstić information content (AvgIpc) is 3.48. The number of carbonyl (C=O) groups excluding carboxylic acids is 3. The second kappa shape index (κ2) is 12.1. The molecule has 8 atom stereocenters. The van der Waals surface area contributed by atoms with Crippen molar-refractivity contribution in [1.82, 2.24) is 15.1 Å². The maximum Gasteiger partial charge on any atom is 0.246 e. The molecule has 4 heterocycles. The first-order chi connectivity index (χ1) is 20.2. The molecular weight excluding hydrogens is 575 g/mol. The van der Waals surface area contributed by atoms with Crippen molar-refractivity contribution in [2.75, 3.05) is 31.5 Å². The van der Waals surface area contributed by atoms with Crippen LogP contribution >= 0.6 is 23.2 Å². The first-order valence-corrected chi connectivity index (χ1v) is 16.4. The largest absolute Gasteiger partial charge is 0.359 e. The minimum absolute atomic E-state index is 0.0496. The Bertz CT molecular complexity index is 1230. The SMILES string of the molecule is C[C@H]1[C@H](C)CCC[C@@H]1NC(=O)[C@@H]1N(CCN2CCCCCC2)C(=O)[C@@H]2[C@H](C(=O)Nc3cc(Cl)cc(Cl)c3)[C@@H]3C=C[C@]21O3. The van der Waals surface area contributed by atoms with Gasteiger partial charge in [0.2, 0.25) is 17.7 Å². The molecule has 4 fully saturated rings. The highest BCUT2D eigenvalue weighted by Crippen LogP contribution is 2.55. The molecule has 0 aromatic heterocycles. The van der Waals surface area contributed by atoms with E-state index in [0.29, 0.717) is 40.7 Å². The second-order valence-corrected chi connectivity index (χ2v) is 13.9. The predicted molar refractivity (Wildman–Crippen MR) is 163 cm³/mol. The summed E-state index contributed by atoms with van der Waals surface area (Å²) in [5.74, 6) is -1.40. The molecule has 10 heteroatoms. The highest BCUT2D eigenvalue weighted by molar-refractivity contribution is 6.35. The number of likely N-dealkylation sites (tertiary alicyclic amines) is 2. The van der Waals surface area contributed by atoms with E-state index in [1.54, 1.807) is 23.1 Å². The van der Waals surface area contributed by atoms with E-state index < -0.39 is 29.6 Å². The van der Waals surface area contributed by atoms with Crippen molar-refractivity contribution in [1.29, 1.82) is 0 Å². The van der Waals surface area contributed by atoms with Crippen LogP contribution in [0.1, 0.15) is 58.8 Å². The Kier molecular flexibility index (Phi) is 8.62. The van der Waals surface area contributed by atoms with Crippen molar-refractivity contribution < 1.29 is 19.1 Å². The van der Waals surface area contributed by atoms with Crippen molar-refractivity contribution in [3.63, 3.8) is 0 Å². The number of fused-ring (bicyclic) bond motifs is 1. The zero-order valence-electron chi connectivity index (χ0n) is 24.5. The van der Waals surface area contributed by atoms with Crippen LogP contribution in [-0.2, 0) is 19.1 Å². The third-order valence-corrected chi connectivity index (χ3v) is 10.9. The maximum atomic E-state index is 14.3. The Labute approximate surface area is 258 Å². The zero-order chi connectivity index (χ0) is 29.6. The van der Waals surface area contributed by atoms with E-state index in [2.05, 4.69) is 29.4 Å². The highest BCUT2D eigenvalue weighted by atomic mass is 35.5. The van der Waals surface area contributed by atoms with Gasteiger partial charge in [0.25, 0.3) is 0 Å². The van der Waals surface area contributed by atoms with Gasteiger partial charge in [0.05, 0.1) is 17.9 Å². The first-order valence-electron chi connectivity index (χ1n) is 15.7. The minimum atomic E-state index is -1.18. The molecule has 1 aromatic carbocycles. The number of halogens is 2. The van der Waals surface area contributed by atoms with Gasteiger partial charge in [-0.3, -0.25) is 14.4 Å². The van der Waals surface area contributed by atoms with Crippen LogP contribution in [0.2, 0.25) is 10.0 Å². The number of carbonyl (C=O) groups is 3. The Morgan fingerprint density at radius 3 is 2.40 bits per heavy atom. The van der Waals surface area contributed by atoms with Gasteiger partial charge in [0, 0.05) is 34.9 Å².